The van der Waals surface area contributed by atoms with Gasteiger partial charge in [0.25, 0.3) is 0 Å². The Morgan fingerprint density at radius 3 is 2.65 bits per heavy atom. The number of hydrogen-bond donors (Lipinski definition) is 0. The number of aryl methyl sites for hydroxylation is 1. The van der Waals surface area contributed by atoms with E-state index in [0.717, 1.165) is 11.3 Å². The quantitative estimate of drug-likeness (QED) is 0.749. The second kappa shape index (κ2) is 7.86. The second-order valence-electron chi connectivity index (χ2n) is 4.82. The van der Waals surface area contributed by atoms with Crippen LogP contribution in [0.1, 0.15) is 22.2 Å². The SMILES string of the molecule is Cc1csc([C@@H](C#N)C(=O)COC(=O)Cc2ccc(Cl)cc2)n1. The second-order valence-corrected chi connectivity index (χ2v) is 6.15. The summed E-state index contributed by atoms with van der Waals surface area (Å²) >= 11 is 7.01. The number of ether oxygens (including phenoxy) is 1. The van der Waals surface area contributed by atoms with Crippen molar-refractivity contribution in [2.45, 2.75) is 19.3 Å². The lowest BCUT2D eigenvalue weighted by molar-refractivity contribution is -0.147. The summed E-state index contributed by atoms with van der Waals surface area (Å²) in [6.45, 7) is 1.34. The smallest absolute Gasteiger partial charge is 0.310 e. The van der Waals surface area contributed by atoms with Crippen molar-refractivity contribution in [3.63, 3.8) is 0 Å². The van der Waals surface area contributed by atoms with E-state index in [1.54, 1.807) is 36.6 Å². The van der Waals surface area contributed by atoms with Crippen molar-refractivity contribution in [3.8, 4) is 6.07 Å². The van der Waals surface area contributed by atoms with Gasteiger partial charge in [-0.15, -0.1) is 11.3 Å². The molecule has 0 spiro atoms. The first-order valence-corrected chi connectivity index (χ1v) is 8.00. The predicted octanol–water partition coefficient (Wildman–Crippen LogP) is 3.07. The number of carbonyl (C=O) groups is 2. The van der Waals surface area contributed by atoms with Crippen molar-refractivity contribution in [3.05, 3.63) is 50.9 Å². The Morgan fingerprint density at radius 1 is 1.39 bits per heavy atom. The highest BCUT2D eigenvalue weighted by Crippen LogP contribution is 2.20. The largest absolute Gasteiger partial charge is 0.457 e. The molecule has 118 valence electrons. The molecule has 0 bridgehead atoms. The van der Waals surface area contributed by atoms with Gasteiger partial charge in [0.15, 0.2) is 18.3 Å². The molecule has 0 N–H and O–H groups in total. The Kier molecular flexibility index (Phi) is 5.85. The van der Waals surface area contributed by atoms with Crippen LogP contribution in [0.2, 0.25) is 5.02 Å². The van der Waals surface area contributed by atoms with Crippen LogP contribution >= 0.6 is 22.9 Å². The van der Waals surface area contributed by atoms with E-state index in [2.05, 4.69) is 4.98 Å². The molecular formula is C16H13ClN2O3S. The molecule has 2 rings (SSSR count). The first-order valence-electron chi connectivity index (χ1n) is 6.74. The molecule has 1 aromatic carbocycles. The number of halogens is 1. The molecule has 0 unspecified atom stereocenters. The fourth-order valence-corrected chi connectivity index (χ4v) is 2.81. The molecule has 23 heavy (non-hydrogen) atoms. The van der Waals surface area contributed by atoms with Gasteiger partial charge in [0.1, 0.15) is 5.01 Å². The Bertz CT molecular complexity index is 749. The lowest BCUT2D eigenvalue weighted by Crippen LogP contribution is -2.20. The summed E-state index contributed by atoms with van der Waals surface area (Å²) in [5, 5.41) is 11.9. The highest BCUT2D eigenvalue weighted by Gasteiger charge is 2.24. The van der Waals surface area contributed by atoms with E-state index in [9.17, 15) is 9.59 Å². The van der Waals surface area contributed by atoms with E-state index in [4.69, 9.17) is 21.6 Å². The van der Waals surface area contributed by atoms with Crippen molar-refractivity contribution in [2.75, 3.05) is 6.61 Å². The summed E-state index contributed by atoms with van der Waals surface area (Å²) in [6, 6.07) is 8.67. The lowest BCUT2D eigenvalue weighted by Gasteiger charge is -2.07. The van der Waals surface area contributed by atoms with Gasteiger partial charge in [0, 0.05) is 16.1 Å². The van der Waals surface area contributed by atoms with Gasteiger partial charge >= 0.3 is 5.97 Å². The van der Waals surface area contributed by atoms with Gasteiger partial charge in [-0.25, -0.2) is 4.98 Å². The molecule has 1 aromatic heterocycles. The Morgan fingerprint density at radius 2 is 2.09 bits per heavy atom. The number of esters is 1. The van der Waals surface area contributed by atoms with Gasteiger partial charge in [0.05, 0.1) is 12.5 Å². The minimum atomic E-state index is -1.00. The van der Waals surface area contributed by atoms with Crippen LogP contribution in [0.3, 0.4) is 0 Å². The summed E-state index contributed by atoms with van der Waals surface area (Å²) < 4.78 is 4.95. The molecule has 1 atom stereocenters. The normalized spacial score (nSPS) is 11.5. The number of nitrogens with zero attached hydrogens (tertiary/aromatic N) is 2. The maximum atomic E-state index is 12.0. The first-order chi connectivity index (χ1) is 11.0. The molecule has 0 radical (unpaired) electrons. The zero-order valence-electron chi connectivity index (χ0n) is 12.3. The molecule has 1 heterocycles. The van der Waals surface area contributed by atoms with Crippen molar-refractivity contribution in [1.82, 2.24) is 4.98 Å². The maximum Gasteiger partial charge on any atom is 0.310 e. The summed E-state index contributed by atoms with van der Waals surface area (Å²) in [5.41, 5.74) is 1.48. The summed E-state index contributed by atoms with van der Waals surface area (Å²) in [6.07, 6.45) is 0.0397. The minimum absolute atomic E-state index is 0.0397. The molecule has 0 aliphatic carbocycles. The van der Waals surface area contributed by atoms with Gasteiger partial charge in [0.2, 0.25) is 0 Å². The maximum absolute atomic E-state index is 12.0. The zero-order valence-corrected chi connectivity index (χ0v) is 13.9. The molecule has 5 nitrogen and oxygen atoms in total. The number of aromatic nitrogens is 1. The minimum Gasteiger partial charge on any atom is -0.457 e. The van der Waals surface area contributed by atoms with Crippen LogP contribution in [-0.2, 0) is 20.7 Å². The molecule has 0 aliphatic rings. The zero-order chi connectivity index (χ0) is 16.8. The first kappa shape index (κ1) is 17.1. The van der Waals surface area contributed by atoms with Crippen molar-refractivity contribution < 1.29 is 14.3 Å². The van der Waals surface area contributed by atoms with E-state index >= 15 is 0 Å². The molecule has 0 saturated heterocycles. The standard InChI is InChI=1S/C16H13ClN2O3S/c1-10-9-23-16(19-10)13(7-18)14(20)8-22-15(21)6-11-2-4-12(17)5-3-11/h2-5,9,13H,6,8H2,1H3/t13-/m0/s1. The van der Waals surface area contributed by atoms with Gasteiger partial charge in [-0.2, -0.15) is 5.26 Å². The molecule has 0 amide bonds. The van der Waals surface area contributed by atoms with Gasteiger partial charge < -0.3 is 4.74 Å². The number of hydrogen-bond acceptors (Lipinski definition) is 6. The molecule has 7 heteroatoms. The summed E-state index contributed by atoms with van der Waals surface area (Å²) in [4.78, 5) is 27.9. The van der Waals surface area contributed by atoms with E-state index in [1.165, 1.54) is 11.3 Å². The number of ketones is 1. The fourth-order valence-electron chi connectivity index (χ4n) is 1.82. The number of nitriles is 1. The van der Waals surface area contributed by atoms with Gasteiger partial charge in [-0.3, -0.25) is 9.59 Å². The van der Waals surface area contributed by atoms with Crippen LogP contribution in [0.5, 0.6) is 0 Å². The third kappa shape index (κ3) is 4.88. The summed E-state index contributed by atoms with van der Waals surface area (Å²) in [7, 11) is 0. The number of thiazole rings is 1. The van der Waals surface area contributed by atoms with Crippen molar-refractivity contribution in [2.24, 2.45) is 0 Å². The van der Waals surface area contributed by atoms with E-state index < -0.39 is 24.3 Å². The average molecular weight is 349 g/mol. The van der Waals surface area contributed by atoms with Gasteiger partial charge in [-0.05, 0) is 24.6 Å². The van der Waals surface area contributed by atoms with Crippen LogP contribution < -0.4 is 0 Å². The number of carbonyl (C=O) groups excluding carboxylic acids is 2. The number of benzene rings is 1. The third-order valence-electron chi connectivity index (χ3n) is 2.97. The van der Waals surface area contributed by atoms with Crippen LogP contribution in [-0.4, -0.2) is 23.3 Å². The van der Waals surface area contributed by atoms with Crippen molar-refractivity contribution >= 4 is 34.7 Å². The monoisotopic (exact) mass is 348 g/mol. The molecule has 0 saturated carbocycles. The molecule has 2 aromatic rings. The van der Waals surface area contributed by atoms with Crippen LogP contribution in [0.25, 0.3) is 0 Å². The molecule has 0 fully saturated rings. The Hall–Kier alpha value is -2.23. The van der Waals surface area contributed by atoms with Gasteiger partial charge in [-0.1, -0.05) is 23.7 Å². The fraction of sp³-hybridized carbons (Fsp3) is 0.250. The Labute approximate surface area is 142 Å². The third-order valence-corrected chi connectivity index (χ3v) is 4.25. The summed E-state index contributed by atoms with van der Waals surface area (Å²) in [5.74, 6) is -2.02. The van der Waals surface area contributed by atoms with E-state index in [-0.39, 0.29) is 6.42 Å². The highest BCUT2D eigenvalue weighted by atomic mass is 35.5. The lowest BCUT2D eigenvalue weighted by atomic mass is 10.1. The predicted molar refractivity (Wildman–Crippen MR) is 86.3 cm³/mol. The van der Waals surface area contributed by atoms with Crippen molar-refractivity contribution in [1.29, 1.82) is 5.26 Å². The van der Waals surface area contributed by atoms with Crippen LogP contribution in [0.4, 0.5) is 0 Å². The topological polar surface area (TPSA) is 80.0 Å². The molecule has 0 aliphatic heterocycles. The molecular weight excluding hydrogens is 336 g/mol. The number of Topliss-reactive ketones (excluding diaryl/α,β-unsaturated/α-hetero) is 1. The highest BCUT2D eigenvalue weighted by molar-refractivity contribution is 7.09. The van der Waals surface area contributed by atoms with Crippen LogP contribution in [0, 0.1) is 18.3 Å². The van der Waals surface area contributed by atoms with E-state index in [1.807, 2.05) is 6.07 Å². The Balaban J connectivity index is 1.89. The average Bonchev–Trinajstić information content (AvgIpc) is 2.94. The van der Waals surface area contributed by atoms with Crippen LogP contribution in [0.15, 0.2) is 29.6 Å². The van der Waals surface area contributed by atoms with E-state index in [0.29, 0.717) is 10.0 Å². The number of rotatable bonds is 6.